The minimum absolute atomic E-state index is 0.143. The molecule has 0 radical (unpaired) electrons. The molecule has 0 aliphatic carbocycles. The van der Waals surface area contributed by atoms with E-state index in [4.69, 9.17) is 16.7 Å². The summed E-state index contributed by atoms with van der Waals surface area (Å²) in [5.41, 5.74) is 0.885. The molecule has 2 heterocycles. The molecule has 3 rings (SSSR count). The van der Waals surface area contributed by atoms with Crippen molar-refractivity contribution < 1.29 is 9.90 Å². The SMILES string of the molecule is O=C(O)Cc1nnc2sc3cc(Cl)ccc3n12. The first-order valence-corrected chi connectivity index (χ1v) is 5.98. The Morgan fingerprint density at radius 2 is 2.29 bits per heavy atom. The largest absolute Gasteiger partial charge is 0.481 e. The van der Waals surface area contributed by atoms with Crippen LogP contribution < -0.4 is 0 Å². The quantitative estimate of drug-likeness (QED) is 0.773. The first-order chi connectivity index (χ1) is 8.15. The van der Waals surface area contributed by atoms with Gasteiger partial charge in [0.2, 0.25) is 4.96 Å². The summed E-state index contributed by atoms with van der Waals surface area (Å²) >= 11 is 7.34. The van der Waals surface area contributed by atoms with Crippen molar-refractivity contribution in [2.45, 2.75) is 6.42 Å². The van der Waals surface area contributed by atoms with Gasteiger partial charge in [-0.25, -0.2) is 0 Å². The molecular weight excluding hydrogens is 262 g/mol. The molecule has 2 aromatic heterocycles. The van der Waals surface area contributed by atoms with E-state index >= 15 is 0 Å². The summed E-state index contributed by atoms with van der Waals surface area (Å²) in [7, 11) is 0. The molecular formula is C10H6ClN3O2S. The number of thiazole rings is 1. The lowest BCUT2D eigenvalue weighted by Gasteiger charge is -1.95. The molecule has 5 nitrogen and oxygen atoms in total. The van der Waals surface area contributed by atoms with Crippen molar-refractivity contribution in [1.82, 2.24) is 14.6 Å². The maximum Gasteiger partial charge on any atom is 0.311 e. The fourth-order valence-electron chi connectivity index (χ4n) is 1.71. The van der Waals surface area contributed by atoms with Gasteiger partial charge >= 0.3 is 5.97 Å². The van der Waals surface area contributed by atoms with Gasteiger partial charge in [-0.1, -0.05) is 22.9 Å². The Labute approximate surface area is 104 Å². The van der Waals surface area contributed by atoms with Gasteiger partial charge in [0, 0.05) is 5.02 Å². The standard InChI is InChI=1S/C10H6ClN3O2S/c11-5-1-2-6-7(3-5)17-10-13-12-8(14(6)10)4-9(15)16/h1-3H,4H2,(H,15,16). The van der Waals surface area contributed by atoms with Gasteiger partial charge in [0.25, 0.3) is 0 Å². The van der Waals surface area contributed by atoms with E-state index in [9.17, 15) is 4.79 Å². The Morgan fingerprint density at radius 3 is 3.06 bits per heavy atom. The maximum atomic E-state index is 10.7. The van der Waals surface area contributed by atoms with Crippen LogP contribution in [-0.4, -0.2) is 25.7 Å². The summed E-state index contributed by atoms with van der Waals surface area (Å²) in [5, 5.41) is 17.3. The Morgan fingerprint density at radius 1 is 1.47 bits per heavy atom. The van der Waals surface area contributed by atoms with E-state index in [0.29, 0.717) is 15.8 Å². The van der Waals surface area contributed by atoms with Gasteiger partial charge in [-0.2, -0.15) is 0 Å². The Balaban J connectivity index is 2.32. The van der Waals surface area contributed by atoms with Gasteiger partial charge in [0.15, 0.2) is 0 Å². The van der Waals surface area contributed by atoms with Crippen LogP contribution in [0.25, 0.3) is 15.2 Å². The van der Waals surface area contributed by atoms with Crippen LogP contribution in [0.3, 0.4) is 0 Å². The summed E-state index contributed by atoms with van der Waals surface area (Å²) in [6, 6.07) is 5.44. The molecule has 86 valence electrons. The zero-order valence-corrected chi connectivity index (χ0v) is 9.99. The van der Waals surface area contributed by atoms with E-state index in [2.05, 4.69) is 10.2 Å². The fourth-order valence-corrected chi connectivity index (χ4v) is 2.97. The van der Waals surface area contributed by atoms with Gasteiger partial charge in [0.05, 0.1) is 10.2 Å². The number of carboxylic acids is 1. The molecule has 1 aromatic carbocycles. The number of halogens is 1. The lowest BCUT2D eigenvalue weighted by Crippen LogP contribution is -2.04. The summed E-state index contributed by atoms with van der Waals surface area (Å²) in [4.78, 5) is 11.4. The number of nitrogens with zero attached hydrogens (tertiary/aromatic N) is 3. The van der Waals surface area contributed by atoms with E-state index in [1.807, 2.05) is 12.1 Å². The summed E-state index contributed by atoms with van der Waals surface area (Å²) < 4.78 is 2.72. The molecule has 0 fully saturated rings. The highest BCUT2D eigenvalue weighted by atomic mass is 35.5. The lowest BCUT2D eigenvalue weighted by atomic mass is 10.3. The number of carboxylic acid groups (broad SMARTS) is 1. The van der Waals surface area contributed by atoms with E-state index < -0.39 is 5.97 Å². The number of benzene rings is 1. The van der Waals surface area contributed by atoms with E-state index in [0.717, 1.165) is 10.2 Å². The third kappa shape index (κ3) is 1.65. The highest BCUT2D eigenvalue weighted by molar-refractivity contribution is 7.23. The first-order valence-electron chi connectivity index (χ1n) is 4.79. The van der Waals surface area contributed by atoms with Crippen LogP contribution in [-0.2, 0) is 11.2 Å². The number of aliphatic carboxylic acids is 1. The predicted octanol–water partition coefficient (Wildman–Crippen LogP) is 2.22. The minimum atomic E-state index is -0.924. The summed E-state index contributed by atoms with van der Waals surface area (Å²) in [6.07, 6.45) is -0.143. The molecule has 0 aliphatic heterocycles. The third-order valence-corrected chi connectivity index (χ3v) is 3.60. The van der Waals surface area contributed by atoms with Crippen LogP contribution in [0.1, 0.15) is 5.82 Å². The van der Waals surface area contributed by atoms with Crippen LogP contribution in [0.15, 0.2) is 18.2 Å². The third-order valence-electron chi connectivity index (χ3n) is 2.37. The van der Waals surface area contributed by atoms with Crippen LogP contribution in [0.4, 0.5) is 0 Å². The monoisotopic (exact) mass is 267 g/mol. The second-order valence-electron chi connectivity index (χ2n) is 3.52. The molecule has 0 bridgehead atoms. The smallest absolute Gasteiger partial charge is 0.311 e. The maximum absolute atomic E-state index is 10.7. The van der Waals surface area contributed by atoms with Crippen LogP contribution in [0.2, 0.25) is 5.02 Å². The molecule has 0 spiro atoms. The van der Waals surface area contributed by atoms with Crippen molar-refractivity contribution in [3.8, 4) is 0 Å². The molecule has 0 unspecified atom stereocenters. The Bertz CT molecular complexity index is 734. The van der Waals surface area contributed by atoms with Crippen molar-refractivity contribution >= 4 is 44.1 Å². The summed E-state index contributed by atoms with van der Waals surface area (Å²) in [6.45, 7) is 0. The van der Waals surface area contributed by atoms with E-state index in [1.54, 1.807) is 10.5 Å². The molecule has 0 atom stereocenters. The first kappa shape index (κ1) is 10.5. The van der Waals surface area contributed by atoms with Gasteiger partial charge in [-0.05, 0) is 18.2 Å². The fraction of sp³-hybridized carbons (Fsp3) is 0.100. The second-order valence-corrected chi connectivity index (χ2v) is 4.96. The Kier molecular flexibility index (Phi) is 2.27. The molecule has 0 saturated carbocycles. The van der Waals surface area contributed by atoms with Gasteiger partial charge < -0.3 is 5.11 Å². The normalized spacial score (nSPS) is 11.4. The van der Waals surface area contributed by atoms with E-state index in [1.165, 1.54) is 11.3 Å². The average Bonchev–Trinajstić information content (AvgIpc) is 2.77. The van der Waals surface area contributed by atoms with Crippen LogP contribution >= 0.6 is 22.9 Å². The van der Waals surface area contributed by atoms with Gasteiger partial charge in [-0.15, -0.1) is 10.2 Å². The summed E-state index contributed by atoms with van der Waals surface area (Å²) in [5.74, 6) is -0.492. The zero-order chi connectivity index (χ0) is 12.0. The Hall–Kier alpha value is -1.66. The molecule has 17 heavy (non-hydrogen) atoms. The van der Waals surface area contributed by atoms with Crippen molar-refractivity contribution in [2.24, 2.45) is 0 Å². The van der Waals surface area contributed by atoms with Crippen LogP contribution in [0, 0.1) is 0 Å². The minimum Gasteiger partial charge on any atom is -0.481 e. The molecule has 3 aromatic rings. The van der Waals surface area contributed by atoms with Crippen molar-refractivity contribution in [1.29, 1.82) is 0 Å². The predicted molar refractivity (Wildman–Crippen MR) is 64.7 cm³/mol. The van der Waals surface area contributed by atoms with Crippen LogP contribution in [0.5, 0.6) is 0 Å². The number of hydrogen-bond acceptors (Lipinski definition) is 4. The second kappa shape index (κ2) is 3.68. The number of rotatable bonds is 2. The zero-order valence-electron chi connectivity index (χ0n) is 8.42. The van der Waals surface area contributed by atoms with Gasteiger partial charge in [-0.3, -0.25) is 9.20 Å². The van der Waals surface area contributed by atoms with Crippen molar-refractivity contribution in [3.05, 3.63) is 29.0 Å². The van der Waals surface area contributed by atoms with Crippen molar-refractivity contribution in [2.75, 3.05) is 0 Å². The highest BCUT2D eigenvalue weighted by Gasteiger charge is 2.14. The topological polar surface area (TPSA) is 67.5 Å². The average molecular weight is 268 g/mol. The molecule has 0 amide bonds. The number of carbonyl (C=O) groups is 1. The molecule has 7 heteroatoms. The van der Waals surface area contributed by atoms with Crippen molar-refractivity contribution in [3.63, 3.8) is 0 Å². The lowest BCUT2D eigenvalue weighted by molar-refractivity contribution is -0.136. The molecule has 0 aliphatic rings. The number of aromatic nitrogens is 3. The highest BCUT2D eigenvalue weighted by Crippen LogP contribution is 2.28. The van der Waals surface area contributed by atoms with Gasteiger partial charge in [0.1, 0.15) is 12.2 Å². The number of fused-ring (bicyclic) bond motifs is 3. The van der Waals surface area contributed by atoms with E-state index in [-0.39, 0.29) is 6.42 Å². The molecule has 0 saturated heterocycles. The molecule has 1 N–H and O–H groups in total. The number of hydrogen-bond donors (Lipinski definition) is 1.